The minimum Gasteiger partial charge on any atom is -0.349 e. The van der Waals surface area contributed by atoms with Gasteiger partial charge < -0.3 is 10.6 Å². The molecule has 5 heteroatoms. The van der Waals surface area contributed by atoms with Gasteiger partial charge in [0.2, 0.25) is 0 Å². The molecule has 2 amide bonds. The Hall–Kier alpha value is -2.69. The SMILES string of the molecule is O=C(Nc1ccccc1C(=O)NC1CC1)c1cccnc1. The fraction of sp³-hybridized carbons (Fsp3) is 0.188. The fourth-order valence-corrected chi connectivity index (χ4v) is 1.97. The van der Waals surface area contributed by atoms with Gasteiger partial charge in [-0.15, -0.1) is 0 Å². The number of amides is 2. The van der Waals surface area contributed by atoms with Gasteiger partial charge in [0, 0.05) is 18.4 Å². The number of carbonyl (C=O) groups is 2. The van der Waals surface area contributed by atoms with Crippen LogP contribution in [0.25, 0.3) is 0 Å². The van der Waals surface area contributed by atoms with Crippen LogP contribution in [0, 0.1) is 0 Å². The van der Waals surface area contributed by atoms with Crippen LogP contribution in [-0.2, 0) is 0 Å². The molecule has 1 fully saturated rings. The van der Waals surface area contributed by atoms with Crippen LogP contribution in [0.5, 0.6) is 0 Å². The summed E-state index contributed by atoms with van der Waals surface area (Å²) in [6.45, 7) is 0. The van der Waals surface area contributed by atoms with E-state index in [4.69, 9.17) is 0 Å². The second-order valence-corrected chi connectivity index (χ2v) is 4.99. The lowest BCUT2D eigenvalue weighted by Gasteiger charge is -2.11. The molecule has 106 valence electrons. The fourth-order valence-electron chi connectivity index (χ4n) is 1.97. The zero-order chi connectivity index (χ0) is 14.7. The molecule has 2 N–H and O–H groups in total. The molecule has 1 aromatic heterocycles. The van der Waals surface area contributed by atoms with Crippen LogP contribution in [0.3, 0.4) is 0 Å². The first kappa shape index (κ1) is 13.3. The van der Waals surface area contributed by atoms with E-state index >= 15 is 0 Å². The Kier molecular flexibility index (Phi) is 3.64. The maximum absolute atomic E-state index is 12.2. The number of nitrogens with zero attached hydrogens (tertiary/aromatic N) is 1. The number of pyridine rings is 1. The Morgan fingerprint density at radius 3 is 2.57 bits per heavy atom. The predicted molar refractivity (Wildman–Crippen MR) is 79.1 cm³/mol. The number of rotatable bonds is 4. The van der Waals surface area contributed by atoms with Crippen LogP contribution in [0.4, 0.5) is 5.69 Å². The number of hydrogen-bond acceptors (Lipinski definition) is 3. The van der Waals surface area contributed by atoms with Gasteiger partial charge in [-0.3, -0.25) is 14.6 Å². The van der Waals surface area contributed by atoms with E-state index in [0.29, 0.717) is 16.8 Å². The summed E-state index contributed by atoms with van der Waals surface area (Å²) in [5.41, 5.74) is 1.43. The monoisotopic (exact) mass is 281 g/mol. The van der Waals surface area contributed by atoms with Gasteiger partial charge in [0.25, 0.3) is 11.8 Å². The lowest BCUT2D eigenvalue weighted by atomic mass is 10.1. The Morgan fingerprint density at radius 1 is 1.05 bits per heavy atom. The highest BCUT2D eigenvalue weighted by Gasteiger charge is 2.25. The summed E-state index contributed by atoms with van der Waals surface area (Å²) >= 11 is 0. The second kappa shape index (κ2) is 5.75. The molecular weight excluding hydrogens is 266 g/mol. The van der Waals surface area contributed by atoms with Crippen molar-refractivity contribution >= 4 is 17.5 Å². The average molecular weight is 281 g/mol. The number of nitrogens with one attached hydrogen (secondary N) is 2. The number of benzene rings is 1. The van der Waals surface area contributed by atoms with Gasteiger partial charge >= 0.3 is 0 Å². The maximum Gasteiger partial charge on any atom is 0.257 e. The van der Waals surface area contributed by atoms with Crippen molar-refractivity contribution in [3.8, 4) is 0 Å². The second-order valence-electron chi connectivity index (χ2n) is 4.99. The highest BCUT2D eigenvalue weighted by atomic mass is 16.2. The molecule has 5 nitrogen and oxygen atoms in total. The van der Waals surface area contributed by atoms with Gasteiger partial charge in [-0.25, -0.2) is 0 Å². The van der Waals surface area contributed by atoms with Crippen molar-refractivity contribution in [2.45, 2.75) is 18.9 Å². The molecule has 0 aliphatic heterocycles. The van der Waals surface area contributed by atoms with E-state index in [-0.39, 0.29) is 17.9 Å². The minimum absolute atomic E-state index is 0.153. The molecule has 0 saturated heterocycles. The first-order valence-corrected chi connectivity index (χ1v) is 6.85. The lowest BCUT2D eigenvalue weighted by Crippen LogP contribution is -2.27. The summed E-state index contributed by atoms with van der Waals surface area (Å²) in [7, 11) is 0. The van der Waals surface area contributed by atoms with Crippen molar-refractivity contribution in [2.75, 3.05) is 5.32 Å². The Labute approximate surface area is 122 Å². The van der Waals surface area contributed by atoms with Gasteiger partial charge in [-0.1, -0.05) is 12.1 Å². The van der Waals surface area contributed by atoms with Crippen molar-refractivity contribution in [2.24, 2.45) is 0 Å². The molecule has 0 atom stereocenters. The summed E-state index contributed by atoms with van der Waals surface area (Å²) in [5, 5.41) is 5.68. The lowest BCUT2D eigenvalue weighted by molar-refractivity contribution is 0.0952. The number of aromatic nitrogens is 1. The van der Waals surface area contributed by atoms with E-state index in [9.17, 15) is 9.59 Å². The molecule has 0 radical (unpaired) electrons. The smallest absolute Gasteiger partial charge is 0.257 e. The van der Waals surface area contributed by atoms with Crippen LogP contribution in [0.1, 0.15) is 33.6 Å². The van der Waals surface area contributed by atoms with E-state index in [0.717, 1.165) is 12.8 Å². The molecule has 1 heterocycles. The molecule has 2 aromatic rings. The first-order chi connectivity index (χ1) is 10.2. The van der Waals surface area contributed by atoms with Crippen LogP contribution < -0.4 is 10.6 Å². The average Bonchev–Trinajstić information content (AvgIpc) is 3.32. The zero-order valence-corrected chi connectivity index (χ0v) is 11.4. The van der Waals surface area contributed by atoms with Gasteiger partial charge in [0.1, 0.15) is 0 Å². The highest BCUT2D eigenvalue weighted by molar-refractivity contribution is 6.08. The van der Waals surface area contributed by atoms with Crippen LogP contribution in [0.2, 0.25) is 0 Å². The molecule has 0 spiro atoms. The summed E-state index contributed by atoms with van der Waals surface area (Å²) in [5.74, 6) is -0.436. The number of hydrogen-bond donors (Lipinski definition) is 2. The molecule has 1 aliphatic rings. The predicted octanol–water partition coefficient (Wildman–Crippen LogP) is 2.23. The van der Waals surface area contributed by atoms with E-state index in [1.165, 1.54) is 6.20 Å². The quantitative estimate of drug-likeness (QED) is 0.902. The third-order valence-electron chi connectivity index (χ3n) is 3.26. The van der Waals surface area contributed by atoms with Crippen molar-refractivity contribution < 1.29 is 9.59 Å². The van der Waals surface area contributed by atoms with E-state index in [2.05, 4.69) is 15.6 Å². The molecule has 3 rings (SSSR count). The van der Waals surface area contributed by atoms with Gasteiger partial charge in [0.15, 0.2) is 0 Å². The zero-order valence-electron chi connectivity index (χ0n) is 11.4. The maximum atomic E-state index is 12.2. The minimum atomic E-state index is -0.283. The summed E-state index contributed by atoms with van der Waals surface area (Å²) in [6.07, 6.45) is 5.14. The molecule has 0 unspecified atom stereocenters. The Morgan fingerprint density at radius 2 is 1.86 bits per heavy atom. The molecular formula is C16H15N3O2. The van der Waals surface area contributed by atoms with Gasteiger partial charge in [0.05, 0.1) is 16.8 Å². The molecule has 0 bridgehead atoms. The summed E-state index contributed by atoms with van der Waals surface area (Å²) in [6, 6.07) is 10.6. The van der Waals surface area contributed by atoms with Crippen molar-refractivity contribution in [1.82, 2.24) is 10.3 Å². The van der Waals surface area contributed by atoms with Crippen molar-refractivity contribution in [3.63, 3.8) is 0 Å². The van der Waals surface area contributed by atoms with Gasteiger partial charge in [-0.05, 0) is 37.1 Å². The standard InChI is InChI=1S/C16H15N3O2/c20-15(11-4-3-9-17-10-11)19-14-6-2-1-5-13(14)16(21)18-12-7-8-12/h1-6,9-10,12H,7-8H2,(H,18,21)(H,19,20). The summed E-state index contributed by atoms with van der Waals surface area (Å²) < 4.78 is 0. The third kappa shape index (κ3) is 3.25. The molecule has 1 saturated carbocycles. The molecule has 1 aliphatic carbocycles. The topological polar surface area (TPSA) is 71.1 Å². The Bertz CT molecular complexity index is 666. The van der Waals surface area contributed by atoms with E-state index in [1.807, 2.05) is 0 Å². The van der Waals surface area contributed by atoms with Crippen LogP contribution in [-0.4, -0.2) is 22.8 Å². The van der Waals surface area contributed by atoms with E-state index in [1.54, 1.807) is 42.6 Å². The molecule has 21 heavy (non-hydrogen) atoms. The first-order valence-electron chi connectivity index (χ1n) is 6.85. The number of para-hydroxylation sites is 1. The Balaban J connectivity index is 1.78. The molecule has 1 aromatic carbocycles. The number of anilines is 1. The van der Waals surface area contributed by atoms with Crippen LogP contribution in [0.15, 0.2) is 48.8 Å². The number of carbonyl (C=O) groups excluding carboxylic acids is 2. The van der Waals surface area contributed by atoms with E-state index < -0.39 is 0 Å². The van der Waals surface area contributed by atoms with Crippen LogP contribution >= 0.6 is 0 Å². The third-order valence-corrected chi connectivity index (χ3v) is 3.26. The largest absolute Gasteiger partial charge is 0.349 e. The highest BCUT2D eigenvalue weighted by Crippen LogP contribution is 2.21. The summed E-state index contributed by atoms with van der Waals surface area (Å²) in [4.78, 5) is 28.2. The van der Waals surface area contributed by atoms with Gasteiger partial charge in [-0.2, -0.15) is 0 Å². The normalized spacial score (nSPS) is 13.5. The van der Waals surface area contributed by atoms with Crippen molar-refractivity contribution in [3.05, 3.63) is 59.9 Å². The van der Waals surface area contributed by atoms with Crippen molar-refractivity contribution in [1.29, 1.82) is 0 Å².